The number of ether oxygens (including phenoxy) is 1. The molecule has 0 aliphatic carbocycles. The Bertz CT molecular complexity index is 229. The third-order valence-electron chi connectivity index (χ3n) is 4.60. The van der Waals surface area contributed by atoms with Gasteiger partial charge in [-0.05, 0) is 44.7 Å². The van der Waals surface area contributed by atoms with Gasteiger partial charge in [-0.15, -0.1) is 0 Å². The van der Waals surface area contributed by atoms with E-state index in [9.17, 15) is 0 Å². The Morgan fingerprint density at radius 3 is 2.83 bits per heavy atom. The van der Waals surface area contributed by atoms with Crippen molar-refractivity contribution in [3.63, 3.8) is 0 Å². The molecule has 0 aromatic rings. The average Bonchev–Trinajstić information content (AvgIpc) is 2.91. The van der Waals surface area contributed by atoms with Crippen LogP contribution in [0.15, 0.2) is 0 Å². The predicted octanol–water partition coefficient (Wildman–Crippen LogP) is 2.27. The third-order valence-corrected chi connectivity index (χ3v) is 4.60. The number of hydrogen-bond acceptors (Lipinski definition) is 3. The Kier molecular flexibility index (Phi) is 5.93. The molecule has 3 nitrogen and oxygen atoms in total. The van der Waals surface area contributed by atoms with Crippen molar-refractivity contribution in [2.45, 2.75) is 58.1 Å². The first-order valence-electron chi connectivity index (χ1n) is 7.90. The van der Waals surface area contributed by atoms with Gasteiger partial charge >= 0.3 is 0 Å². The molecule has 0 bridgehead atoms. The maximum atomic E-state index is 5.72. The van der Waals surface area contributed by atoms with E-state index < -0.39 is 0 Å². The molecule has 2 heterocycles. The van der Waals surface area contributed by atoms with E-state index in [-0.39, 0.29) is 0 Å². The Morgan fingerprint density at radius 1 is 1.28 bits per heavy atom. The molecule has 2 aliphatic rings. The van der Waals surface area contributed by atoms with Gasteiger partial charge in [-0.3, -0.25) is 0 Å². The minimum Gasteiger partial charge on any atom is -0.378 e. The Morgan fingerprint density at radius 2 is 2.17 bits per heavy atom. The summed E-state index contributed by atoms with van der Waals surface area (Å²) in [5.41, 5.74) is 0. The molecule has 0 radical (unpaired) electrons. The second-order valence-corrected chi connectivity index (χ2v) is 5.85. The number of rotatable bonds is 6. The summed E-state index contributed by atoms with van der Waals surface area (Å²) in [6.07, 6.45) is 6.96. The van der Waals surface area contributed by atoms with Crippen LogP contribution in [0.5, 0.6) is 0 Å². The molecule has 1 N–H and O–H groups in total. The van der Waals surface area contributed by atoms with Crippen LogP contribution < -0.4 is 5.32 Å². The zero-order valence-corrected chi connectivity index (χ0v) is 12.2. The summed E-state index contributed by atoms with van der Waals surface area (Å²) < 4.78 is 5.72. The molecular weight excluding hydrogens is 224 g/mol. The highest BCUT2D eigenvalue weighted by atomic mass is 16.5. The molecular formula is C15H30N2O. The zero-order valence-electron chi connectivity index (χ0n) is 12.2. The van der Waals surface area contributed by atoms with Crippen LogP contribution in [0.1, 0.15) is 46.0 Å². The third kappa shape index (κ3) is 3.94. The lowest BCUT2D eigenvalue weighted by Gasteiger charge is -2.39. The Hall–Kier alpha value is -0.120. The van der Waals surface area contributed by atoms with Crippen molar-refractivity contribution >= 4 is 0 Å². The SMILES string of the molecule is CCNC1CCN(CCC2CCCO2)CC1CC. The summed E-state index contributed by atoms with van der Waals surface area (Å²) >= 11 is 0. The van der Waals surface area contributed by atoms with Crippen LogP contribution in [0.2, 0.25) is 0 Å². The van der Waals surface area contributed by atoms with Crippen LogP contribution in [-0.4, -0.2) is 49.8 Å². The summed E-state index contributed by atoms with van der Waals surface area (Å²) in [7, 11) is 0. The van der Waals surface area contributed by atoms with Gasteiger partial charge in [0.25, 0.3) is 0 Å². The normalized spacial score (nSPS) is 34.0. The van der Waals surface area contributed by atoms with Gasteiger partial charge in [-0.25, -0.2) is 0 Å². The monoisotopic (exact) mass is 254 g/mol. The van der Waals surface area contributed by atoms with E-state index in [2.05, 4.69) is 24.1 Å². The van der Waals surface area contributed by atoms with E-state index >= 15 is 0 Å². The van der Waals surface area contributed by atoms with Crippen molar-refractivity contribution in [1.82, 2.24) is 10.2 Å². The number of nitrogens with zero attached hydrogens (tertiary/aromatic N) is 1. The summed E-state index contributed by atoms with van der Waals surface area (Å²) in [6, 6.07) is 0.749. The van der Waals surface area contributed by atoms with Gasteiger partial charge in [0, 0.05) is 25.7 Å². The molecule has 0 amide bonds. The van der Waals surface area contributed by atoms with Gasteiger partial charge in [0.2, 0.25) is 0 Å². The lowest BCUT2D eigenvalue weighted by Crippen LogP contribution is -2.49. The van der Waals surface area contributed by atoms with Crippen molar-refractivity contribution in [3.8, 4) is 0 Å². The van der Waals surface area contributed by atoms with Crippen molar-refractivity contribution < 1.29 is 4.74 Å². The van der Waals surface area contributed by atoms with Gasteiger partial charge in [0.15, 0.2) is 0 Å². The standard InChI is InChI=1S/C15H30N2O/c1-3-13-12-17(10-8-15(13)16-4-2)9-7-14-6-5-11-18-14/h13-16H,3-12H2,1-2H3. The summed E-state index contributed by atoms with van der Waals surface area (Å²) in [6.45, 7) is 10.4. The lowest BCUT2D eigenvalue weighted by molar-refractivity contribution is 0.0766. The maximum absolute atomic E-state index is 5.72. The molecule has 0 saturated carbocycles. The first kappa shape index (κ1) is 14.3. The van der Waals surface area contributed by atoms with Crippen molar-refractivity contribution in [2.75, 3.05) is 32.8 Å². The Labute approximate surface area is 112 Å². The van der Waals surface area contributed by atoms with Gasteiger partial charge in [0.05, 0.1) is 6.10 Å². The number of nitrogens with one attached hydrogen (secondary N) is 1. The zero-order chi connectivity index (χ0) is 12.8. The highest BCUT2D eigenvalue weighted by Crippen LogP contribution is 2.22. The molecule has 3 heteroatoms. The van der Waals surface area contributed by atoms with Crippen LogP contribution in [-0.2, 0) is 4.74 Å². The van der Waals surface area contributed by atoms with E-state index in [1.165, 1.54) is 51.7 Å². The van der Waals surface area contributed by atoms with Crippen molar-refractivity contribution in [2.24, 2.45) is 5.92 Å². The first-order valence-corrected chi connectivity index (χ1v) is 7.90. The molecule has 2 rings (SSSR count). The molecule has 2 saturated heterocycles. The van der Waals surface area contributed by atoms with E-state index in [1.54, 1.807) is 0 Å². The van der Waals surface area contributed by atoms with E-state index in [0.717, 1.165) is 25.1 Å². The quantitative estimate of drug-likeness (QED) is 0.787. The number of piperidine rings is 1. The number of likely N-dealkylation sites (tertiary alicyclic amines) is 1. The highest BCUT2D eigenvalue weighted by molar-refractivity contribution is 4.84. The maximum Gasteiger partial charge on any atom is 0.0588 e. The molecule has 2 aliphatic heterocycles. The fraction of sp³-hybridized carbons (Fsp3) is 1.00. The minimum atomic E-state index is 0.552. The van der Waals surface area contributed by atoms with Crippen LogP contribution >= 0.6 is 0 Å². The molecule has 106 valence electrons. The fourth-order valence-corrected chi connectivity index (χ4v) is 3.45. The molecule has 0 spiro atoms. The molecule has 3 unspecified atom stereocenters. The lowest BCUT2D eigenvalue weighted by atomic mass is 9.89. The smallest absolute Gasteiger partial charge is 0.0588 e. The van der Waals surface area contributed by atoms with Gasteiger partial charge in [-0.1, -0.05) is 20.3 Å². The highest BCUT2D eigenvalue weighted by Gasteiger charge is 2.27. The summed E-state index contributed by atoms with van der Waals surface area (Å²) in [4.78, 5) is 2.66. The van der Waals surface area contributed by atoms with Gasteiger partial charge in [0.1, 0.15) is 0 Å². The topological polar surface area (TPSA) is 24.5 Å². The van der Waals surface area contributed by atoms with Crippen LogP contribution in [0.4, 0.5) is 0 Å². The summed E-state index contributed by atoms with van der Waals surface area (Å²) in [5.74, 6) is 0.836. The van der Waals surface area contributed by atoms with E-state index in [0.29, 0.717) is 6.10 Å². The van der Waals surface area contributed by atoms with Crippen LogP contribution in [0.25, 0.3) is 0 Å². The molecule has 18 heavy (non-hydrogen) atoms. The van der Waals surface area contributed by atoms with E-state index in [1.807, 2.05) is 0 Å². The molecule has 0 aromatic carbocycles. The van der Waals surface area contributed by atoms with Crippen molar-refractivity contribution in [3.05, 3.63) is 0 Å². The summed E-state index contributed by atoms with van der Waals surface area (Å²) in [5, 5.41) is 3.65. The second-order valence-electron chi connectivity index (χ2n) is 5.85. The van der Waals surface area contributed by atoms with Gasteiger partial charge < -0.3 is 15.0 Å². The molecule has 0 aromatic heterocycles. The van der Waals surface area contributed by atoms with E-state index in [4.69, 9.17) is 4.74 Å². The second kappa shape index (κ2) is 7.46. The Balaban J connectivity index is 1.71. The average molecular weight is 254 g/mol. The predicted molar refractivity (Wildman–Crippen MR) is 75.9 cm³/mol. The fourth-order valence-electron chi connectivity index (χ4n) is 3.45. The molecule has 3 atom stereocenters. The largest absolute Gasteiger partial charge is 0.378 e. The van der Waals surface area contributed by atoms with Crippen molar-refractivity contribution in [1.29, 1.82) is 0 Å². The molecule has 2 fully saturated rings. The van der Waals surface area contributed by atoms with Crippen LogP contribution in [0.3, 0.4) is 0 Å². The van der Waals surface area contributed by atoms with Crippen LogP contribution in [0, 0.1) is 5.92 Å². The number of hydrogen-bond donors (Lipinski definition) is 1. The van der Waals surface area contributed by atoms with Gasteiger partial charge in [-0.2, -0.15) is 0 Å². The first-order chi connectivity index (χ1) is 8.83. The minimum absolute atomic E-state index is 0.552.